The SMILES string of the molecule is Cn1c(C2CCN(C(=O)C3CC3)CC2)nn(CC(=O)Nc2cc(F)ccc2F)c1=O. The zero-order valence-corrected chi connectivity index (χ0v) is 16.6. The molecule has 1 aliphatic heterocycles. The average molecular weight is 419 g/mol. The molecule has 2 aliphatic rings. The van der Waals surface area contributed by atoms with E-state index in [1.165, 1.54) is 4.57 Å². The molecule has 0 radical (unpaired) electrons. The number of rotatable bonds is 5. The Bertz CT molecular complexity index is 1040. The molecule has 1 saturated carbocycles. The van der Waals surface area contributed by atoms with Gasteiger partial charge in [-0.05, 0) is 37.8 Å². The van der Waals surface area contributed by atoms with Crippen molar-refractivity contribution < 1.29 is 18.4 Å². The quantitative estimate of drug-likeness (QED) is 0.798. The number of nitrogens with one attached hydrogen (secondary N) is 1. The summed E-state index contributed by atoms with van der Waals surface area (Å²) in [5.41, 5.74) is -0.756. The Labute approximate surface area is 171 Å². The third kappa shape index (κ3) is 4.12. The van der Waals surface area contributed by atoms with Crippen molar-refractivity contribution in [2.24, 2.45) is 13.0 Å². The van der Waals surface area contributed by atoms with Crippen LogP contribution in [0.4, 0.5) is 14.5 Å². The van der Waals surface area contributed by atoms with E-state index < -0.39 is 29.8 Å². The molecule has 1 aliphatic carbocycles. The zero-order valence-electron chi connectivity index (χ0n) is 16.6. The fraction of sp³-hybridized carbons (Fsp3) is 0.500. The number of halogens is 2. The Hall–Kier alpha value is -3.04. The van der Waals surface area contributed by atoms with Gasteiger partial charge in [-0.3, -0.25) is 14.2 Å². The van der Waals surface area contributed by atoms with Crippen LogP contribution in [-0.2, 0) is 23.2 Å². The number of hydrogen-bond donors (Lipinski definition) is 1. The van der Waals surface area contributed by atoms with Crippen LogP contribution < -0.4 is 11.0 Å². The normalized spacial score (nSPS) is 17.2. The molecule has 30 heavy (non-hydrogen) atoms. The minimum atomic E-state index is -0.772. The first kappa shape index (κ1) is 20.2. The standard InChI is InChI=1S/C20H23F2N5O3/c1-25-18(12-6-8-26(9-7-12)19(29)13-2-3-13)24-27(20(25)30)11-17(28)23-16-10-14(21)4-5-15(16)22/h4-5,10,12-13H,2-3,6-9,11H2,1H3,(H,23,28). The fourth-order valence-electron chi connectivity index (χ4n) is 3.83. The minimum Gasteiger partial charge on any atom is -0.342 e. The van der Waals surface area contributed by atoms with Gasteiger partial charge in [0.2, 0.25) is 11.8 Å². The van der Waals surface area contributed by atoms with Crippen LogP contribution in [-0.4, -0.2) is 44.2 Å². The second-order valence-corrected chi connectivity index (χ2v) is 7.90. The Morgan fingerprint density at radius 1 is 1.17 bits per heavy atom. The highest BCUT2D eigenvalue weighted by molar-refractivity contribution is 5.90. The lowest BCUT2D eigenvalue weighted by Crippen LogP contribution is -2.39. The molecule has 1 N–H and O–H groups in total. The molecule has 1 aromatic carbocycles. The summed E-state index contributed by atoms with van der Waals surface area (Å²) in [6, 6.07) is 2.73. The maximum Gasteiger partial charge on any atom is 0.346 e. The first-order chi connectivity index (χ1) is 14.3. The summed E-state index contributed by atoms with van der Waals surface area (Å²) in [4.78, 5) is 38.8. The number of carbonyl (C=O) groups is 2. The van der Waals surface area contributed by atoms with Crippen molar-refractivity contribution in [3.8, 4) is 0 Å². The van der Waals surface area contributed by atoms with Crippen molar-refractivity contribution in [1.82, 2.24) is 19.2 Å². The van der Waals surface area contributed by atoms with Crippen LogP contribution in [0.3, 0.4) is 0 Å². The van der Waals surface area contributed by atoms with Gasteiger partial charge < -0.3 is 10.2 Å². The maximum absolute atomic E-state index is 13.7. The molecule has 1 saturated heterocycles. The number of aromatic nitrogens is 3. The van der Waals surface area contributed by atoms with Crippen molar-refractivity contribution in [1.29, 1.82) is 0 Å². The number of anilines is 1. The fourth-order valence-corrected chi connectivity index (χ4v) is 3.83. The van der Waals surface area contributed by atoms with Gasteiger partial charge in [-0.15, -0.1) is 0 Å². The molecule has 0 atom stereocenters. The van der Waals surface area contributed by atoms with Crippen LogP contribution >= 0.6 is 0 Å². The van der Waals surface area contributed by atoms with Crippen LogP contribution in [0.2, 0.25) is 0 Å². The molecule has 2 heterocycles. The Kier molecular flexibility index (Phi) is 5.40. The van der Waals surface area contributed by atoms with E-state index in [0.29, 0.717) is 31.8 Å². The van der Waals surface area contributed by atoms with E-state index in [0.717, 1.165) is 35.7 Å². The largest absolute Gasteiger partial charge is 0.346 e. The van der Waals surface area contributed by atoms with Crippen LogP contribution in [0.5, 0.6) is 0 Å². The maximum atomic E-state index is 13.7. The van der Waals surface area contributed by atoms with Crippen molar-refractivity contribution in [3.63, 3.8) is 0 Å². The minimum absolute atomic E-state index is 0.0101. The number of likely N-dealkylation sites (tertiary alicyclic amines) is 1. The molecule has 1 aromatic heterocycles. The Morgan fingerprint density at radius 3 is 2.53 bits per heavy atom. The van der Waals surface area contributed by atoms with Gasteiger partial charge in [-0.25, -0.2) is 18.3 Å². The van der Waals surface area contributed by atoms with E-state index >= 15 is 0 Å². The highest BCUT2D eigenvalue weighted by atomic mass is 19.1. The summed E-state index contributed by atoms with van der Waals surface area (Å²) in [7, 11) is 1.59. The van der Waals surface area contributed by atoms with Crippen LogP contribution in [0.15, 0.2) is 23.0 Å². The molecule has 10 heteroatoms. The van der Waals surface area contributed by atoms with E-state index in [-0.39, 0.29) is 23.4 Å². The highest BCUT2D eigenvalue weighted by Gasteiger charge is 2.36. The third-order valence-electron chi connectivity index (χ3n) is 5.67. The predicted octanol–water partition coefficient (Wildman–Crippen LogP) is 1.61. The molecule has 0 bridgehead atoms. The van der Waals surface area contributed by atoms with Crippen LogP contribution in [0.1, 0.15) is 37.4 Å². The van der Waals surface area contributed by atoms with Crippen molar-refractivity contribution in [3.05, 3.63) is 46.1 Å². The first-order valence-electron chi connectivity index (χ1n) is 10.0. The molecule has 8 nitrogen and oxygen atoms in total. The molecule has 4 rings (SSSR count). The van der Waals surface area contributed by atoms with E-state index in [9.17, 15) is 23.2 Å². The number of carbonyl (C=O) groups excluding carboxylic acids is 2. The highest BCUT2D eigenvalue weighted by Crippen LogP contribution is 2.33. The van der Waals surface area contributed by atoms with Crippen molar-refractivity contribution >= 4 is 17.5 Å². The van der Waals surface area contributed by atoms with Crippen molar-refractivity contribution in [2.75, 3.05) is 18.4 Å². The van der Waals surface area contributed by atoms with E-state index in [2.05, 4.69) is 10.4 Å². The monoisotopic (exact) mass is 419 g/mol. The molecule has 2 aromatic rings. The number of hydrogen-bond acceptors (Lipinski definition) is 4. The van der Waals surface area contributed by atoms with Crippen LogP contribution in [0.25, 0.3) is 0 Å². The number of amides is 2. The molecule has 2 fully saturated rings. The van der Waals surface area contributed by atoms with Gasteiger partial charge in [-0.1, -0.05) is 0 Å². The lowest BCUT2D eigenvalue weighted by Gasteiger charge is -2.31. The molecule has 160 valence electrons. The summed E-state index contributed by atoms with van der Waals surface area (Å²) in [6.45, 7) is 0.836. The van der Waals surface area contributed by atoms with Gasteiger partial charge in [0.1, 0.15) is 24.0 Å². The van der Waals surface area contributed by atoms with E-state index in [1.54, 1.807) is 7.05 Å². The van der Waals surface area contributed by atoms with Gasteiger partial charge in [-0.2, -0.15) is 5.10 Å². The van der Waals surface area contributed by atoms with Crippen LogP contribution in [0, 0.1) is 17.6 Å². The summed E-state index contributed by atoms with van der Waals surface area (Å²) in [5.74, 6) is -1.17. The molecule has 2 amide bonds. The van der Waals surface area contributed by atoms with E-state index in [4.69, 9.17) is 0 Å². The summed E-state index contributed by atoms with van der Waals surface area (Å²) in [6.07, 6.45) is 3.34. The molecular weight excluding hydrogens is 396 g/mol. The summed E-state index contributed by atoms with van der Waals surface area (Å²) in [5, 5.41) is 6.57. The Morgan fingerprint density at radius 2 is 1.87 bits per heavy atom. The molecular formula is C20H23F2N5O3. The lowest BCUT2D eigenvalue weighted by atomic mass is 9.95. The van der Waals surface area contributed by atoms with Gasteiger partial charge >= 0.3 is 5.69 Å². The average Bonchev–Trinajstić information content (AvgIpc) is 3.54. The molecule has 0 unspecified atom stereocenters. The van der Waals surface area contributed by atoms with Gasteiger partial charge in [0, 0.05) is 38.0 Å². The summed E-state index contributed by atoms with van der Waals surface area (Å²) < 4.78 is 29.4. The van der Waals surface area contributed by atoms with Gasteiger partial charge in [0.25, 0.3) is 0 Å². The first-order valence-corrected chi connectivity index (χ1v) is 10.0. The van der Waals surface area contributed by atoms with Crippen molar-refractivity contribution in [2.45, 2.75) is 38.1 Å². The number of piperidine rings is 1. The smallest absolute Gasteiger partial charge is 0.342 e. The third-order valence-corrected chi connectivity index (χ3v) is 5.67. The van der Waals surface area contributed by atoms with Gasteiger partial charge in [0.05, 0.1) is 5.69 Å². The summed E-state index contributed by atoms with van der Waals surface area (Å²) >= 11 is 0. The number of benzene rings is 1. The lowest BCUT2D eigenvalue weighted by molar-refractivity contribution is -0.133. The van der Waals surface area contributed by atoms with E-state index in [1.807, 2.05) is 4.90 Å². The Balaban J connectivity index is 1.41. The second-order valence-electron chi connectivity index (χ2n) is 7.90. The predicted molar refractivity (Wildman–Crippen MR) is 104 cm³/mol. The topological polar surface area (TPSA) is 89.2 Å². The molecule has 0 spiro atoms. The zero-order chi connectivity index (χ0) is 21.4. The number of nitrogens with zero attached hydrogens (tertiary/aromatic N) is 4. The van der Waals surface area contributed by atoms with Gasteiger partial charge in [0.15, 0.2) is 0 Å². The second kappa shape index (κ2) is 8.00.